The van der Waals surface area contributed by atoms with Gasteiger partial charge in [0.2, 0.25) is 0 Å². The Kier molecular flexibility index (Phi) is 5.80. The zero-order valence-corrected chi connectivity index (χ0v) is 16.7. The van der Waals surface area contributed by atoms with E-state index >= 15 is 0 Å². The third-order valence-electron chi connectivity index (χ3n) is 5.49. The molecule has 1 amide bonds. The molecule has 0 unspecified atom stereocenters. The highest BCUT2D eigenvalue weighted by Crippen LogP contribution is 2.20. The molecular weight excluding hydrogens is 376 g/mol. The number of nitrogens with zero attached hydrogens (tertiary/aromatic N) is 2. The van der Waals surface area contributed by atoms with Gasteiger partial charge in [-0.3, -0.25) is 4.79 Å². The predicted molar refractivity (Wildman–Crippen MR) is 115 cm³/mol. The number of piperazine rings is 1. The average Bonchev–Trinajstić information content (AvgIpc) is 2.80. The number of hydrogen-bond donors (Lipinski definition) is 0. The van der Waals surface area contributed by atoms with Crippen molar-refractivity contribution in [3.05, 3.63) is 101 Å². The molecule has 0 aromatic heterocycles. The van der Waals surface area contributed by atoms with E-state index in [1.807, 2.05) is 11.0 Å². The van der Waals surface area contributed by atoms with Crippen LogP contribution >= 0.6 is 0 Å². The number of carbonyl (C=O) groups is 2. The quantitative estimate of drug-likeness (QED) is 0.662. The van der Waals surface area contributed by atoms with Crippen LogP contribution in [0.1, 0.15) is 31.8 Å². The Morgan fingerprint density at radius 2 is 1.27 bits per heavy atom. The smallest absolute Gasteiger partial charge is 0.253 e. The normalized spacial score (nSPS) is 13.9. The van der Waals surface area contributed by atoms with Crippen LogP contribution in [-0.2, 0) is 6.42 Å². The SMILES string of the molecule is O=C([O-])c1ccc(C(=O)N2CCN(c3ccc(Cc4ccccc4)cc3)CC2)cc1. The van der Waals surface area contributed by atoms with Crippen molar-refractivity contribution in [2.24, 2.45) is 0 Å². The van der Waals surface area contributed by atoms with E-state index in [2.05, 4.69) is 53.4 Å². The lowest BCUT2D eigenvalue weighted by Crippen LogP contribution is -2.48. The first-order valence-corrected chi connectivity index (χ1v) is 10.1. The summed E-state index contributed by atoms with van der Waals surface area (Å²) >= 11 is 0. The Morgan fingerprint density at radius 1 is 0.700 bits per heavy atom. The van der Waals surface area contributed by atoms with Crippen molar-refractivity contribution < 1.29 is 14.7 Å². The van der Waals surface area contributed by atoms with Crippen LogP contribution in [0.5, 0.6) is 0 Å². The molecule has 4 rings (SSSR count). The number of benzene rings is 3. The molecule has 0 spiro atoms. The van der Waals surface area contributed by atoms with Gasteiger partial charge in [-0.15, -0.1) is 0 Å². The van der Waals surface area contributed by atoms with E-state index in [0.29, 0.717) is 18.7 Å². The van der Waals surface area contributed by atoms with Crippen LogP contribution in [0.4, 0.5) is 5.69 Å². The Bertz CT molecular complexity index is 1010. The number of amides is 1. The van der Waals surface area contributed by atoms with Crippen LogP contribution in [0, 0.1) is 0 Å². The Morgan fingerprint density at radius 3 is 1.87 bits per heavy atom. The number of carboxylic acids is 1. The van der Waals surface area contributed by atoms with Crippen LogP contribution in [0.3, 0.4) is 0 Å². The van der Waals surface area contributed by atoms with Crippen LogP contribution in [-0.4, -0.2) is 43.0 Å². The van der Waals surface area contributed by atoms with Crippen molar-refractivity contribution in [1.29, 1.82) is 0 Å². The van der Waals surface area contributed by atoms with E-state index in [0.717, 1.165) is 25.2 Å². The van der Waals surface area contributed by atoms with E-state index in [1.165, 1.54) is 23.3 Å². The first-order chi connectivity index (χ1) is 14.6. The second-order valence-corrected chi connectivity index (χ2v) is 7.47. The van der Waals surface area contributed by atoms with Gasteiger partial charge in [0.15, 0.2) is 0 Å². The second-order valence-electron chi connectivity index (χ2n) is 7.47. The van der Waals surface area contributed by atoms with Gasteiger partial charge in [0.25, 0.3) is 5.91 Å². The molecule has 1 aliphatic heterocycles. The van der Waals surface area contributed by atoms with Gasteiger partial charge in [-0.25, -0.2) is 0 Å². The Labute approximate surface area is 176 Å². The summed E-state index contributed by atoms with van der Waals surface area (Å²) in [5, 5.41) is 10.9. The second kappa shape index (κ2) is 8.82. The Balaban J connectivity index is 1.33. The van der Waals surface area contributed by atoms with E-state index in [9.17, 15) is 14.7 Å². The molecule has 0 saturated carbocycles. The zero-order valence-electron chi connectivity index (χ0n) is 16.7. The van der Waals surface area contributed by atoms with E-state index < -0.39 is 5.97 Å². The van der Waals surface area contributed by atoms with Crippen molar-refractivity contribution in [2.45, 2.75) is 6.42 Å². The molecule has 5 nitrogen and oxygen atoms in total. The third kappa shape index (κ3) is 4.51. The molecule has 0 bridgehead atoms. The zero-order chi connectivity index (χ0) is 20.9. The molecule has 1 aliphatic rings. The summed E-state index contributed by atoms with van der Waals surface area (Å²) in [5.74, 6) is -1.31. The fourth-order valence-corrected chi connectivity index (χ4v) is 3.76. The molecule has 3 aromatic carbocycles. The summed E-state index contributed by atoms with van der Waals surface area (Å²) in [6.07, 6.45) is 0.917. The van der Waals surface area contributed by atoms with Crippen molar-refractivity contribution in [3.63, 3.8) is 0 Å². The van der Waals surface area contributed by atoms with E-state index in [-0.39, 0.29) is 11.5 Å². The van der Waals surface area contributed by atoms with Gasteiger partial charge in [0.05, 0.1) is 5.97 Å². The van der Waals surface area contributed by atoms with Crippen molar-refractivity contribution in [2.75, 3.05) is 31.1 Å². The van der Waals surface area contributed by atoms with Crippen molar-refractivity contribution >= 4 is 17.6 Å². The minimum absolute atomic E-state index is 0.0715. The summed E-state index contributed by atoms with van der Waals surface area (Å²) < 4.78 is 0. The molecule has 1 saturated heterocycles. The minimum atomic E-state index is -1.24. The van der Waals surface area contributed by atoms with Crippen LogP contribution < -0.4 is 10.0 Å². The summed E-state index contributed by atoms with van der Waals surface area (Å²) in [6, 6.07) is 25.0. The molecular formula is C25H23N2O3-. The van der Waals surface area contributed by atoms with Crippen LogP contribution in [0.25, 0.3) is 0 Å². The molecule has 0 aliphatic carbocycles. The summed E-state index contributed by atoms with van der Waals surface area (Å²) in [4.78, 5) is 27.6. The first kappa shape index (κ1) is 19.7. The highest BCUT2D eigenvalue weighted by Gasteiger charge is 2.22. The monoisotopic (exact) mass is 399 g/mol. The fraction of sp³-hybridized carbons (Fsp3) is 0.200. The largest absolute Gasteiger partial charge is 0.545 e. The molecule has 3 aromatic rings. The van der Waals surface area contributed by atoms with E-state index in [4.69, 9.17) is 0 Å². The maximum Gasteiger partial charge on any atom is 0.253 e. The molecule has 152 valence electrons. The lowest BCUT2D eigenvalue weighted by atomic mass is 10.0. The van der Waals surface area contributed by atoms with Gasteiger partial charge in [-0.2, -0.15) is 0 Å². The molecule has 0 N–H and O–H groups in total. The fourth-order valence-electron chi connectivity index (χ4n) is 3.76. The lowest BCUT2D eigenvalue weighted by molar-refractivity contribution is -0.255. The molecule has 1 heterocycles. The number of carboxylic acid groups (broad SMARTS) is 1. The van der Waals surface area contributed by atoms with Gasteiger partial charge in [0.1, 0.15) is 0 Å². The lowest BCUT2D eigenvalue weighted by Gasteiger charge is -2.36. The number of rotatable bonds is 5. The van der Waals surface area contributed by atoms with Crippen molar-refractivity contribution in [1.82, 2.24) is 4.90 Å². The Hall–Kier alpha value is -3.60. The first-order valence-electron chi connectivity index (χ1n) is 10.1. The van der Waals surface area contributed by atoms with E-state index in [1.54, 1.807) is 12.1 Å². The summed E-state index contributed by atoms with van der Waals surface area (Å²) in [7, 11) is 0. The molecule has 0 radical (unpaired) electrons. The van der Waals surface area contributed by atoms with Gasteiger partial charge >= 0.3 is 0 Å². The summed E-state index contributed by atoms with van der Waals surface area (Å²) in [5.41, 5.74) is 4.31. The standard InChI is InChI=1S/C25H24N2O3/c28-24(21-8-10-22(11-9-21)25(29)30)27-16-14-26(15-17-27)23-12-6-20(7-13-23)18-19-4-2-1-3-5-19/h1-13H,14-18H2,(H,29,30)/p-1. The maximum atomic E-state index is 12.7. The minimum Gasteiger partial charge on any atom is -0.545 e. The van der Waals surface area contributed by atoms with Gasteiger partial charge in [0, 0.05) is 37.4 Å². The number of hydrogen-bond acceptors (Lipinski definition) is 4. The summed E-state index contributed by atoms with van der Waals surface area (Å²) in [6.45, 7) is 2.79. The maximum absolute atomic E-state index is 12.7. The predicted octanol–water partition coefficient (Wildman–Crippen LogP) is 2.60. The molecule has 0 atom stereocenters. The average molecular weight is 399 g/mol. The van der Waals surface area contributed by atoms with Crippen LogP contribution in [0.15, 0.2) is 78.9 Å². The van der Waals surface area contributed by atoms with Gasteiger partial charge < -0.3 is 19.7 Å². The highest BCUT2D eigenvalue weighted by atomic mass is 16.4. The molecule has 1 fully saturated rings. The van der Waals surface area contributed by atoms with Crippen molar-refractivity contribution in [3.8, 4) is 0 Å². The van der Waals surface area contributed by atoms with Gasteiger partial charge in [-0.05, 0) is 47.4 Å². The number of anilines is 1. The highest BCUT2D eigenvalue weighted by molar-refractivity contribution is 5.95. The molecule has 5 heteroatoms. The molecule has 30 heavy (non-hydrogen) atoms. The third-order valence-corrected chi connectivity index (χ3v) is 5.49. The van der Waals surface area contributed by atoms with Crippen LogP contribution in [0.2, 0.25) is 0 Å². The topological polar surface area (TPSA) is 63.7 Å². The van der Waals surface area contributed by atoms with Gasteiger partial charge in [-0.1, -0.05) is 54.6 Å². The number of carbonyl (C=O) groups excluding carboxylic acids is 2. The number of aromatic carboxylic acids is 1.